The van der Waals surface area contributed by atoms with Crippen molar-refractivity contribution in [1.29, 1.82) is 0 Å². The van der Waals surface area contributed by atoms with Crippen molar-refractivity contribution in [3.63, 3.8) is 0 Å². The summed E-state index contributed by atoms with van der Waals surface area (Å²) in [5, 5.41) is 0.651. The molecule has 1 heterocycles. The van der Waals surface area contributed by atoms with E-state index in [0.29, 0.717) is 10.9 Å². The van der Waals surface area contributed by atoms with Crippen LogP contribution in [0.25, 0.3) is 11.0 Å². The second-order valence-electron chi connectivity index (χ2n) is 3.93. The summed E-state index contributed by atoms with van der Waals surface area (Å²) >= 11 is 12.0. The Balaban J connectivity index is 2.55. The fraction of sp³-hybridized carbons (Fsp3) is 0.417. The monoisotopic (exact) mass is 272 g/mol. The maximum Gasteiger partial charge on any atom is 0.124 e. The molecule has 92 valence electrons. The van der Waals surface area contributed by atoms with Gasteiger partial charge in [0.1, 0.15) is 11.3 Å². The minimum absolute atomic E-state index is 0.105. The van der Waals surface area contributed by atoms with Gasteiger partial charge in [0, 0.05) is 7.11 Å². The first kappa shape index (κ1) is 12.7. The summed E-state index contributed by atoms with van der Waals surface area (Å²) in [6, 6.07) is 5.74. The Labute approximate surface area is 110 Å². The standard InChI is InChI=1S/C12H14Cl2N2O/c1-8(17-2)7-16-10-5-3-4-9(14)12(10)15-11(16)6-13/h3-5,8H,6-7H2,1-2H3. The molecule has 2 aromatic rings. The Morgan fingerprint density at radius 1 is 1.47 bits per heavy atom. The molecule has 0 saturated carbocycles. The third-order valence-corrected chi connectivity index (χ3v) is 3.31. The number of aromatic nitrogens is 2. The average Bonchev–Trinajstić information content (AvgIpc) is 2.69. The molecule has 1 aromatic carbocycles. The average molecular weight is 273 g/mol. The normalized spacial score (nSPS) is 13.2. The predicted molar refractivity (Wildman–Crippen MR) is 70.8 cm³/mol. The van der Waals surface area contributed by atoms with Gasteiger partial charge >= 0.3 is 0 Å². The molecule has 0 aliphatic carbocycles. The highest BCUT2D eigenvalue weighted by Crippen LogP contribution is 2.25. The predicted octanol–water partition coefficient (Wildman–Crippen LogP) is 3.46. The number of imidazole rings is 1. The SMILES string of the molecule is COC(C)Cn1c(CCl)nc2c(Cl)cccc21. The molecule has 1 aromatic heterocycles. The molecule has 0 bridgehead atoms. The van der Waals surface area contributed by atoms with Crippen LogP contribution in [0.15, 0.2) is 18.2 Å². The number of para-hydroxylation sites is 1. The lowest BCUT2D eigenvalue weighted by atomic mass is 10.3. The number of hydrogen-bond donors (Lipinski definition) is 0. The van der Waals surface area contributed by atoms with Gasteiger partial charge in [-0.2, -0.15) is 0 Å². The van der Waals surface area contributed by atoms with Crippen LogP contribution >= 0.6 is 23.2 Å². The summed E-state index contributed by atoms with van der Waals surface area (Å²) < 4.78 is 7.34. The smallest absolute Gasteiger partial charge is 0.124 e. The number of alkyl halides is 1. The van der Waals surface area contributed by atoms with E-state index in [2.05, 4.69) is 9.55 Å². The van der Waals surface area contributed by atoms with Crippen LogP contribution in [-0.2, 0) is 17.2 Å². The summed E-state index contributed by atoms with van der Waals surface area (Å²) in [5.41, 5.74) is 1.80. The van der Waals surface area contributed by atoms with Crippen LogP contribution in [0, 0.1) is 0 Å². The molecule has 5 heteroatoms. The first-order valence-electron chi connectivity index (χ1n) is 5.39. The largest absolute Gasteiger partial charge is 0.380 e. The van der Waals surface area contributed by atoms with Gasteiger partial charge in [0.25, 0.3) is 0 Å². The maximum atomic E-state index is 6.12. The van der Waals surface area contributed by atoms with Gasteiger partial charge in [0.15, 0.2) is 0 Å². The molecule has 0 N–H and O–H groups in total. The molecule has 0 fully saturated rings. The molecule has 0 radical (unpaired) electrons. The van der Waals surface area contributed by atoms with Crippen molar-refractivity contribution >= 4 is 34.2 Å². The molecule has 0 aliphatic rings. The topological polar surface area (TPSA) is 27.1 Å². The van der Waals surface area contributed by atoms with Gasteiger partial charge in [-0.15, -0.1) is 11.6 Å². The van der Waals surface area contributed by atoms with Crippen LogP contribution < -0.4 is 0 Å². The summed E-state index contributed by atoms with van der Waals surface area (Å²) in [5.74, 6) is 1.18. The van der Waals surface area contributed by atoms with Crippen LogP contribution in [0.2, 0.25) is 5.02 Å². The maximum absolute atomic E-state index is 6.12. The van der Waals surface area contributed by atoms with E-state index in [-0.39, 0.29) is 6.10 Å². The Kier molecular flexibility index (Phi) is 3.92. The van der Waals surface area contributed by atoms with Gasteiger partial charge < -0.3 is 9.30 Å². The Bertz CT molecular complexity index is 524. The highest BCUT2D eigenvalue weighted by atomic mass is 35.5. The number of hydrogen-bond acceptors (Lipinski definition) is 2. The molecule has 2 rings (SSSR count). The van der Waals surface area contributed by atoms with Crippen LogP contribution in [0.1, 0.15) is 12.7 Å². The molecule has 0 amide bonds. The highest BCUT2D eigenvalue weighted by molar-refractivity contribution is 6.34. The Hall–Kier alpha value is -0.770. The lowest BCUT2D eigenvalue weighted by Crippen LogP contribution is -2.16. The van der Waals surface area contributed by atoms with Crippen molar-refractivity contribution in [1.82, 2.24) is 9.55 Å². The van der Waals surface area contributed by atoms with Gasteiger partial charge in [-0.05, 0) is 19.1 Å². The number of ether oxygens (including phenoxy) is 1. The zero-order valence-electron chi connectivity index (χ0n) is 9.78. The Morgan fingerprint density at radius 3 is 2.88 bits per heavy atom. The molecular weight excluding hydrogens is 259 g/mol. The van der Waals surface area contributed by atoms with Crippen molar-refractivity contribution in [2.24, 2.45) is 0 Å². The van der Waals surface area contributed by atoms with Gasteiger partial charge in [-0.3, -0.25) is 0 Å². The second kappa shape index (κ2) is 5.25. The summed E-state index contributed by atoms with van der Waals surface area (Å²) in [6.07, 6.45) is 0.105. The summed E-state index contributed by atoms with van der Waals surface area (Å²) in [4.78, 5) is 4.46. The minimum atomic E-state index is 0.105. The van der Waals surface area contributed by atoms with E-state index in [1.54, 1.807) is 7.11 Å². The molecule has 3 nitrogen and oxygen atoms in total. The zero-order valence-corrected chi connectivity index (χ0v) is 11.3. The van der Waals surface area contributed by atoms with E-state index < -0.39 is 0 Å². The fourth-order valence-corrected chi connectivity index (χ4v) is 2.21. The first-order valence-corrected chi connectivity index (χ1v) is 6.31. The highest BCUT2D eigenvalue weighted by Gasteiger charge is 2.13. The number of rotatable bonds is 4. The van der Waals surface area contributed by atoms with Crippen LogP contribution in [-0.4, -0.2) is 22.8 Å². The van der Waals surface area contributed by atoms with E-state index in [1.165, 1.54) is 0 Å². The van der Waals surface area contributed by atoms with Crippen molar-refractivity contribution < 1.29 is 4.74 Å². The van der Waals surface area contributed by atoms with Gasteiger partial charge in [0.2, 0.25) is 0 Å². The third kappa shape index (κ3) is 2.41. The lowest BCUT2D eigenvalue weighted by molar-refractivity contribution is 0.103. The molecule has 0 aliphatic heterocycles. The van der Waals surface area contributed by atoms with Crippen LogP contribution in [0.5, 0.6) is 0 Å². The molecular formula is C12H14Cl2N2O. The van der Waals surface area contributed by atoms with Crippen molar-refractivity contribution in [3.05, 3.63) is 29.0 Å². The second-order valence-corrected chi connectivity index (χ2v) is 4.60. The zero-order chi connectivity index (χ0) is 12.4. The van der Waals surface area contributed by atoms with E-state index in [4.69, 9.17) is 27.9 Å². The number of halogens is 2. The van der Waals surface area contributed by atoms with E-state index >= 15 is 0 Å². The van der Waals surface area contributed by atoms with E-state index in [1.807, 2.05) is 25.1 Å². The van der Waals surface area contributed by atoms with Crippen molar-refractivity contribution in [2.45, 2.75) is 25.5 Å². The minimum Gasteiger partial charge on any atom is -0.380 e. The van der Waals surface area contributed by atoms with Crippen molar-refractivity contribution in [2.75, 3.05) is 7.11 Å². The van der Waals surface area contributed by atoms with Crippen molar-refractivity contribution in [3.8, 4) is 0 Å². The fourth-order valence-electron chi connectivity index (χ4n) is 1.80. The van der Waals surface area contributed by atoms with Gasteiger partial charge in [0.05, 0.1) is 29.1 Å². The van der Waals surface area contributed by atoms with E-state index in [0.717, 1.165) is 23.4 Å². The lowest BCUT2D eigenvalue weighted by Gasteiger charge is -2.13. The van der Waals surface area contributed by atoms with E-state index in [9.17, 15) is 0 Å². The van der Waals surface area contributed by atoms with Gasteiger partial charge in [-0.25, -0.2) is 4.98 Å². The molecule has 1 unspecified atom stereocenters. The summed E-state index contributed by atoms with van der Waals surface area (Å²) in [6.45, 7) is 2.73. The Morgan fingerprint density at radius 2 is 2.24 bits per heavy atom. The third-order valence-electron chi connectivity index (χ3n) is 2.77. The number of fused-ring (bicyclic) bond motifs is 1. The van der Waals surface area contributed by atoms with Gasteiger partial charge in [-0.1, -0.05) is 17.7 Å². The molecule has 0 saturated heterocycles. The molecule has 0 spiro atoms. The number of benzene rings is 1. The first-order chi connectivity index (χ1) is 8.17. The molecule has 17 heavy (non-hydrogen) atoms. The van der Waals surface area contributed by atoms with Crippen LogP contribution in [0.3, 0.4) is 0 Å². The summed E-state index contributed by atoms with van der Waals surface area (Å²) in [7, 11) is 1.69. The van der Waals surface area contributed by atoms with Crippen LogP contribution in [0.4, 0.5) is 0 Å². The number of methoxy groups -OCH3 is 1. The quantitative estimate of drug-likeness (QED) is 0.797. The number of nitrogens with zero attached hydrogens (tertiary/aromatic N) is 2. The molecule has 1 atom stereocenters.